The molecule has 2 unspecified atom stereocenters. The summed E-state index contributed by atoms with van der Waals surface area (Å²) in [5.41, 5.74) is 2.31. The average molecular weight is 357 g/mol. The lowest BCUT2D eigenvalue weighted by atomic mass is 9.98. The molecular formula is C19H20FN3O3. The number of carbonyl (C=O) groups excluding carboxylic acids is 1. The summed E-state index contributed by atoms with van der Waals surface area (Å²) in [6.45, 7) is 1.61. The van der Waals surface area contributed by atoms with Gasteiger partial charge >= 0.3 is 6.01 Å². The molecule has 3 heterocycles. The number of benzene rings is 1. The third-order valence-corrected chi connectivity index (χ3v) is 4.80. The fourth-order valence-electron chi connectivity index (χ4n) is 3.45. The molecule has 6 nitrogen and oxygen atoms in total. The maximum absolute atomic E-state index is 12.9. The van der Waals surface area contributed by atoms with Crippen molar-refractivity contribution in [3.63, 3.8) is 0 Å². The van der Waals surface area contributed by atoms with Crippen LogP contribution in [0.5, 0.6) is 6.01 Å². The molecule has 0 N–H and O–H groups in total. The molecule has 0 radical (unpaired) electrons. The summed E-state index contributed by atoms with van der Waals surface area (Å²) >= 11 is 0. The van der Waals surface area contributed by atoms with Crippen molar-refractivity contribution in [2.45, 2.75) is 38.1 Å². The van der Waals surface area contributed by atoms with Gasteiger partial charge in [-0.25, -0.2) is 14.4 Å². The number of hydrogen-bond acceptors (Lipinski definition) is 5. The van der Waals surface area contributed by atoms with Gasteiger partial charge in [0.15, 0.2) is 5.82 Å². The van der Waals surface area contributed by atoms with Gasteiger partial charge in [0, 0.05) is 13.0 Å². The zero-order valence-electron chi connectivity index (χ0n) is 14.3. The molecule has 0 aliphatic carbocycles. The number of hydrogen-bond donors (Lipinski definition) is 0. The first-order chi connectivity index (χ1) is 12.7. The Morgan fingerprint density at radius 1 is 1.23 bits per heavy atom. The Morgan fingerprint density at radius 2 is 2.00 bits per heavy atom. The number of amides is 1. The monoisotopic (exact) mass is 357 g/mol. The van der Waals surface area contributed by atoms with Crippen LogP contribution in [-0.2, 0) is 22.6 Å². The predicted molar refractivity (Wildman–Crippen MR) is 90.9 cm³/mol. The lowest BCUT2D eigenvalue weighted by Crippen LogP contribution is -2.50. The first-order valence-corrected chi connectivity index (χ1v) is 8.80. The topological polar surface area (TPSA) is 64.5 Å². The largest absolute Gasteiger partial charge is 0.458 e. The van der Waals surface area contributed by atoms with Gasteiger partial charge in [-0.1, -0.05) is 24.3 Å². The molecule has 0 bridgehead atoms. The predicted octanol–water partition coefficient (Wildman–Crippen LogP) is 2.13. The average Bonchev–Trinajstić information content (AvgIpc) is 2.69. The Bertz CT molecular complexity index is 784. The highest BCUT2D eigenvalue weighted by Crippen LogP contribution is 2.23. The first-order valence-electron chi connectivity index (χ1n) is 8.80. The zero-order chi connectivity index (χ0) is 17.9. The number of nitrogens with zero attached hydrogens (tertiary/aromatic N) is 3. The molecule has 1 aromatic heterocycles. The van der Waals surface area contributed by atoms with E-state index in [-0.39, 0.29) is 18.0 Å². The van der Waals surface area contributed by atoms with Gasteiger partial charge in [-0.2, -0.15) is 0 Å². The highest BCUT2D eigenvalue weighted by atomic mass is 19.1. The van der Waals surface area contributed by atoms with Crippen LogP contribution >= 0.6 is 0 Å². The van der Waals surface area contributed by atoms with Crippen molar-refractivity contribution in [3.8, 4) is 6.01 Å². The van der Waals surface area contributed by atoms with Crippen molar-refractivity contribution in [3.05, 3.63) is 53.6 Å². The van der Waals surface area contributed by atoms with E-state index in [9.17, 15) is 9.18 Å². The second-order valence-corrected chi connectivity index (χ2v) is 6.62. The second-order valence-electron chi connectivity index (χ2n) is 6.62. The van der Waals surface area contributed by atoms with Gasteiger partial charge in [0.05, 0.1) is 25.5 Å². The van der Waals surface area contributed by atoms with Crippen molar-refractivity contribution < 1.29 is 18.7 Å². The third-order valence-electron chi connectivity index (χ3n) is 4.80. The smallest absolute Gasteiger partial charge is 0.316 e. The van der Waals surface area contributed by atoms with Crippen molar-refractivity contribution in [1.82, 2.24) is 14.9 Å². The molecule has 26 heavy (non-hydrogen) atoms. The number of halogens is 1. The van der Waals surface area contributed by atoms with Crippen LogP contribution in [0.25, 0.3) is 0 Å². The highest BCUT2D eigenvalue weighted by molar-refractivity contribution is 5.81. The Kier molecular flexibility index (Phi) is 4.79. The number of likely N-dealkylation sites (tertiary alicyclic amines) is 1. The second kappa shape index (κ2) is 7.37. The highest BCUT2D eigenvalue weighted by Gasteiger charge is 2.32. The Morgan fingerprint density at radius 3 is 2.81 bits per heavy atom. The molecule has 2 aliphatic heterocycles. The maximum atomic E-state index is 12.9. The lowest BCUT2D eigenvalue weighted by Gasteiger charge is -2.35. The zero-order valence-corrected chi connectivity index (χ0v) is 14.3. The molecule has 1 aromatic carbocycles. The third kappa shape index (κ3) is 3.67. The van der Waals surface area contributed by atoms with E-state index in [4.69, 9.17) is 9.47 Å². The van der Waals surface area contributed by atoms with Crippen molar-refractivity contribution in [2.24, 2.45) is 0 Å². The van der Waals surface area contributed by atoms with E-state index >= 15 is 0 Å². The number of piperidine rings is 1. The molecule has 136 valence electrons. The molecule has 0 spiro atoms. The fourth-order valence-corrected chi connectivity index (χ4v) is 3.45. The van der Waals surface area contributed by atoms with Crippen molar-refractivity contribution >= 4 is 5.91 Å². The van der Waals surface area contributed by atoms with Crippen LogP contribution in [0.4, 0.5) is 4.39 Å². The number of aromatic nitrogens is 2. The van der Waals surface area contributed by atoms with Crippen LogP contribution < -0.4 is 4.74 Å². The van der Waals surface area contributed by atoms with Crippen LogP contribution in [0.15, 0.2) is 36.7 Å². The van der Waals surface area contributed by atoms with Crippen molar-refractivity contribution in [1.29, 1.82) is 0 Å². The minimum absolute atomic E-state index is 0.00664. The molecule has 7 heteroatoms. The quantitative estimate of drug-likeness (QED) is 0.842. The number of fused-ring (bicyclic) bond motifs is 1. The van der Waals surface area contributed by atoms with Gasteiger partial charge < -0.3 is 14.4 Å². The molecule has 1 fully saturated rings. The SMILES string of the molecule is O=C(C1Cc2ccccc2CO1)N1CCCC(Oc2ncc(F)cn2)C1. The Balaban J connectivity index is 1.38. The molecule has 2 aromatic rings. The van der Waals surface area contributed by atoms with Gasteiger partial charge in [0.25, 0.3) is 5.91 Å². The summed E-state index contributed by atoms with van der Waals surface area (Å²) in [4.78, 5) is 22.3. The van der Waals surface area contributed by atoms with E-state index in [1.807, 2.05) is 24.3 Å². The lowest BCUT2D eigenvalue weighted by molar-refractivity contribution is -0.148. The molecule has 1 amide bonds. The van der Waals surface area contributed by atoms with Gasteiger partial charge in [-0.15, -0.1) is 0 Å². The number of carbonyl (C=O) groups is 1. The van der Waals surface area contributed by atoms with Crippen LogP contribution in [0.1, 0.15) is 24.0 Å². The van der Waals surface area contributed by atoms with E-state index in [0.717, 1.165) is 30.8 Å². The normalized spacial score (nSPS) is 22.6. The van der Waals surface area contributed by atoms with Crippen LogP contribution in [0, 0.1) is 5.82 Å². The molecule has 2 aliphatic rings. The molecule has 1 saturated heterocycles. The summed E-state index contributed by atoms with van der Waals surface area (Å²) in [6.07, 6.45) is 3.72. The summed E-state index contributed by atoms with van der Waals surface area (Å²) < 4.78 is 24.4. The van der Waals surface area contributed by atoms with Crippen molar-refractivity contribution in [2.75, 3.05) is 13.1 Å². The minimum Gasteiger partial charge on any atom is -0.458 e. The summed E-state index contributed by atoms with van der Waals surface area (Å²) in [5.74, 6) is -0.514. The molecule has 4 rings (SSSR count). The van der Waals surface area contributed by atoms with Gasteiger partial charge in [-0.05, 0) is 24.0 Å². The van der Waals surface area contributed by atoms with E-state index in [2.05, 4.69) is 9.97 Å². The summed E-state index contributed by atoms with van der Waals surface area (Å²) in [7, 11) is 0. The van der Waals surface area contributed by atoms with E-state index in [1.54, 1.807) is 4.90 Å². The molecular weight excluding hydrogens is 337 g/mol. The molecule has 2 atom stereocenters. The van der Waals surface area contributed by atoms with Crippen LogP contribution in [0.2, 0.25) is 0 Å². The van der Waals surface area contributed by atoms with E-state index in [1.165, 1.54) is 5.56 Å². The standard InChI is InChI=1S/C19H20FN3O3/c20-15-9-21-19(22-10-15)26-16-6-3-7-23(11-16)18(24)17-8-13-4-1-2-5-14(13)12-25-17/h1-2,4-5,9-10,16-17H,3,6-8,11-12H2. The van der Waals surface area contributed by atoms with Gasteiger partial charge in [0.1, 0.15) is 12.2 Å². The molecule has 0 saturated carbocycles. The van der Waals surface area contributed by atoms with E-state index < -0.39 is 11.9 Å². The van der Waals surface area contributed by atoms with E-state index in [0.29, 0.717) is 26.1 Å². The van der Waals surface area contributed by atoms with Gasteiger partial charge in [-0.3, -0.25) is 4.79 Å². The fraction of sp³-hybridized carbons (Fsp3) is 0.421. The Labute approximate surface area is 151 Å². The maximum Gasteiger partial charge on any atom is 0.316 e. The summed E-state index contributed by atoms with van der Waals surface area (Å²) in [5, 5.41) is 0. The van der Waals surface area contributed by atoms with Crippen LogP contribution in [-0.4, -0.2) is 46.1 Å². The number of rotatable bonds is 3. The number of ether oxygens (including phenoxy) is 2. The Hall–Kier alpha value is -2.54. The minimum atomic E-state index is -0.507. The summed E-state index contributed by atoms with van der Waals surface area (Å²) in [6, 6.07) is 8.18. The first kappa shape index (κ1) is 16.9. The van der Waals surface area contributed by atoms with Crippen LogP contribution in [0.3, 0.4) is 0 Å². The van der Waals surface area contributed by atoms with Gasteiger partial charge in [0.2, 0.25) is 0 Å².